The van der Waals surface area contributed by atoms with Gasteiger partial charge in [0, 0.05) is 17.5 Å². The van der Waals surface area contributed by atoms with Crippen LogP contribution in [-0.4, -0.2) is 15.5 Å². The van der Waals surface area contributed by atoms with E-state index < -0.39 is 0 Å². The first-order chi connectivity index (χ1) is 7.50. The molecule has 0 atom stereocenters. The van der Waals surface area contributed by atoms with Crippen molar-refractivity contribution in [2.45, 2.75) is 51.5 Å². The zero-order valence-corrected chi connectivity index (χ0v) is 10.8. The van der Waals surface area contributed by atoms with Crippen LogP contribution in [0.4, 0.5) is 5.82 Å². The van der Waals surface area contributed by atoms with E-state index in [0.717, 1.165) is 18.1 Å². The van der Waals surface area contributed by atoms with Crippen LogP contribution >= 0.6 is 11.6 Å². The fourth-order valence-electron chi connectivity index (χ4n) is 1.46. The van der Waals surface area contributed by atoms with Gasteiger partial charge in [0.05, 0.1) is 0 Å². The van der Waals surface area contributed by atoms with E-state index in [9.17, 15) is 0 Å². The lowest BCUT2D eigenvalue weighted by molar-refractivity contribution is 0.544. The predicted octanol–water partition coefficient (Wildman–Crippen LogP) is 3.61. The van der Waals surface area contributed by atoms with E-state index in [-0.39, 0.29) is 5.54 Å². The first kappa shape index (κ1) is 11.6. The van der Waals surface area contributed by atoms with Crippen LogP contribution in [-0.2, 0) is 0 Å². The Labute approximate surface area is 102 Å². The topological polar surface area (TPSA) is 37.8 Å². The summed E-state index contributed by atoms with van der Waals surface area (Å²) in [7, 11) is 0. The number of rotatable bonds is 4. The Morgan fingerprint density at radius 2 is 2.12 bits per heavy atom. The summed E-state index contributed by atoms with van der Waals surface area (Å²) in [4.78, 5) is 8.79. The number of nitrogens with zero attached hydrogens (tertiary/aromatic N) is 2. The molecule has 0 aromatic carbocycles. The van der Waals surface area contributed by atoms with Crippen LogP contribution in [0.2, 0.25) is 5.15 Å². The average molecular weight is 240 g/mol. The van der Waals surface area contributed by atoms with Crippen molar-refractivity contribution in [1.82, 2.24) is 9.97 Å². The zero-order chi connectivity index (χ0) is 11.8. The third-order valence-electron chi connectivity index (χ3n) is 3.01. The van der Waals surface area contributed by atoms with Crippen molar-refractivity contribution in [3.63, 3.8) is 0 Å². The molecule has 2 rings (SSSR count). The maximum atomic E-state index is 6.00. The lowest BCUT2D eigenvalue weighted by atomic mass is 10.0. The van der Waals surface area contributed by atoms with Crippen molar-refractivity contribution in [2.24, 2.45) is 0 Å². The smallest absolute Gasteiger partial charge is 0.135 e. The van der Waals surface area contributed by atoms with Gasteiger partial charge in [0.25, 0.3) is 0 Å². The number of anilines is 1. The van der Waals surface area contributed by atoms with Crippen molar-refractivity contribution in [2.75, 3.05) is 5.32 Å². The Balaban J connectivity index is 2.20. The monoisotopic (exact) mass is 239 g/mol. The van der Waals surface area contributed by atoms with Gasteiger partial charge in [-0.1, -0.05) is 18.5 Å². The van der Waals surface area contributed by atoms with Gasteiger partial charge in [-0.15, -0.1) is 0 Å². The molecule has 0 amide bonds. The molecule has 0 bridgehead atoms. The summed E-state index contributed by atoms with van der Waals surface area (Å²) in [5, 5.41) is 3.93. The molecule has 1 aromatic rings. The molecule has 4 heteroatoms. The van der Waals surface area contributed by atoms with Crippen LogP contribution in [0, 0.1) is 0 Å². The average Bonchev–Trinajstić information content (AvgIpc) is 2.99. The Morgan fingerprint density at radius 1 is 1.44 bits per heavy atom. The van der Waals surface area contributed by atoms with Gasteiger partial charge in [0.2, 0.25) is 0 Å². The molecule has 1 aliphatic rings. The van der Waals surface area contributed by atoms with E-state index in [1.54, 1.807) is 6.07 Å². The van der Waals surface area contributed by atoms with Crippen LogP contribution in [0.15, 0.2) is 6.07 Å². The normalized spacial score (nSPS) is 16.2. The van der Waals surface area contributed by atoms with Crippen LogP contribution < -0.4 is 5.32 Å². The molecule has 1 fully saturated rings. The third kappa shape index (κ3) is 2.85. The highest BCUT2D eigenvalue weighted by atomic mass is 35.5. The number of halogens is 1. The van der Waals surface area contributed by atoms with Crippen molar-refractivity contribution < 1.29 is 0 Å². The van der Waals surface area contributed by atoms with Gasteiger partial charge < -0.3 is 5.32 Å². The lowest BCUT2D eigenvalue weighted by Crippen LogP contribution is -2.30. The van der Waals surface area contributed by atoms with Gasteiger partial charge in [-0.25, -0.2) is 9.97 Å². The lowest BCUT2D eigenvalue weighted by Gasteiger charge is -2.25. The quantitative estimate of drug-likeness (QED) is 0.816. The van der Waals surface area contributed by atoms with Crippen molar-refractivity contribution in [3.05, 3.63) is 17.0 Å². The van der Waals surface area contributed by atoms with Crippen LogP contribution in [0.5, 0.6) is 0 Å². The van der Waals surface area contributed by atoms with Gasteiger partial charge in [-0.3, -0.25) is 0 Å². The zero-order valence-electron chi connectivity index (χ0n) is 10.0. The van der Waals surface area contributed by atoms with Gasteiger partial charge in [0.15, 0.2) is 0 Å². The number of hydrogen-bond donors (Lipinski definition) is 1. The maximum Gasteiger partial charge on any atom is 0.135 e. The minimum Gasteiger partial charge on any atom is -0.365 e. The molecule has 0 aliphatic heterocycles. The fraction of sp³-hybridized carbons (Fsp3) is 0.667. The fourth-order valence-corrected chi connectivity index (χ4v) is 1.65. The van der Waals surface area contributed by atoms with Crippen molar-refractivity contribution in [1.29, 1.82) is 0 Å². The molecule has 0 unspecified atom stereocenters. The van der Waals surface area contributed by atoms with Gasteiger partial charge in [-0.05, 0) is 33.1 Å². The molecule has 0 radical (unpaired) electrons. The second kappa shape index (κ2) is 4.21. The van der Waals surface area contributed by atoms with Crippen LogP contribution in [0.1, 0.15) is 51.8 Å². The first-order valence-corrected chi connectivity index (χ1v) is 6.20. The SMILES string of the molecule is CCC(C)(C)Nc1cc(Cl)nc(C2CC2)n1. The van der Waals surface area contributed by atoms with E-state index in [0.29, 0.717) is 11.1 Å². The Kier molecular flexibility index (Phi) is 3.06. The largest absolute Gasteiger partial charge is 0.365 e. The minimum absolute atomic E-state index is 0.0402. The van der Waals surface area contributed by atoms with E-state index in [4.69, 9.17) is 11.6 Å². The Morgan fingerprint density at radius 3 is 2.69 bits per heavy atom. The standard InChI is InChI=1S/C12H18ClN3/c1-4-12(2,3)16-10-7-9(13)14-11(15-10)8-5-6-8/h7-8H,4-6H2,1-3H3,(H,14,15,16). The number of aromatic nitrogens is 2. The van der Waals surface area contributed by atoms with E-state index in [1.807, 2.05) is 0 Å². The minimum atomic E-state index is 0.0402. The van der Waals surface area contributed by atoms with E-state index >= 15 is 0 Å². The van der Waals surface area contributed by atoms with Crippen molar-refractivity contribution in [3.8, 4) is 0 Å². The van der Waals surface area contributed by atoms with Crippen LogP contribution in [0.3, 0.4) is 0 Å². The molecular weight excluding hydrogens is 222 g/mol. The third-order valence-corrected chi connectivity index (χ3v) is 3.20. The molecule has 1 aliphatic carbocycles. The molecule has 1 N–H and O–H groups in total. The molecule has 16 heavy (non-hydrogen) atoms. The Hall–Kier alpha value is -0.830. The van der Waals surface area contributed by atoms with Gasteiger partial charge in [-0.2, -0.15) is 0 Å². The predicted molar refractivity (Wildman–Crippen MR) is 67.0 cm³/mol. The molecule has 0 spiro atoms. The molecular formula is C12H18ClN3. The van der Waals surface area contributed by atoms with E-state index in [2.05, 4.69) is 36.1 Å². The summed E-state index contributed by atoms with van der Waals surface area (Å²) < 4.78 is 0. The summed E-state index contributed by atoms with van der Waals surface area (Å²) in [5.74, 6) is 2.26. The van der Waals surface area contributed by atoms with Crippen LogP contribution in [0.25, 0.3) is 0 Å². The summed E-state index contributed by atoms with van der Waals surface area (Å²) in [6, 6.07) is 1.80. The molecule has 1 heterocycles. The molecule has 0 saturated heterocycles. The summed E-state index contributed by atoms with van der Waals surface area (Å²) >= 11 is 6.00. The second-order valence-corrected chi connectivity index (χ2v) is 5.46. The van der Waals surface area contributed by atoms with Gasteiger partial charge >= 0.3 is 0 Å². The number of nitrogens with one attached hydrogen (secondary N) is 1. The molecule has 1 saturated carbocycles. The highest BCUT2D eigenvalue weighted by Crippen LogP contribution is 2.38. The van der Waals surface area contributed by atoms with E-state index in [1.165, 1.54) is 12.8 Å². The summed E-state index contributed by atoms with van der Waals surface area (Å²) in [6.07, 6.45) is 3.42. The van der Waals surface area contributed by atoms with Gasteiger partial charge in [0.1, 0.15) is 16.8 Å². The molecule has 1 aromatic heterocycles. The highest BCUT2D eigenvalue weighted by Gasteiger charge is 2.27. The maximum absolute atomic E-state index is 6.00. The van der Waals surface area contributed by atoms with Crippen molar-refractivity contribution >= 4 is 17.4 Å². The second-order valence-electron chi connectivity index (χ2n) is 5.07. The first-order valence-electron chi connectivity index (χ1n) is 5.83. The summed E-state index contributed by atoms with van der Waals surface area (Å²) in [6.45, 7) is 6.46. The molecule has 3 nitrogen and oxygen atoms in total. The Bertz CT molecular complexity index is 386. The molecule has 88 valence electrons. The number of hydrogen-bond acceptors (Lipinski definition) is 3. The summed E-state index contributed by atoms with van der Waals surface area (Å²) in [5.41, 5.74) is 0.0402. The highest BCUT2D eigenvalue weighted by molar-refractivity contribution is 6.29.